The minimum atomic E-state index is -0.439. The maximum Gasteiger partial charge on any atom is 0.224 e. The average Bonchev–Trinajstić information content (AvgIpc) is 2.94. The molecule has 6 heteroatoms. The molecule has 0 radical (unpaired) electrons. The summed E-state index contributed by atoms with van der Waals surface area (Å²) in [6, 6.07) is 2.06. The van der Waals surface area contributed by atoms with Crippen LogP contribution in [-0.2, 0) is 0 Å². The van der Waals surface area contributed by atoms with Crippen molar-refractivity contribution < 1.29 is 5.11 Å². The highest BCUT2D eigenvalue weighted by Gasteiger charge is 2.34. The minimum Gasteiger partial charge on any atom is -0.389 e. The van der Waals surface area contributed by atoms with Gasteiger partial charge in [-0.25, -0.2) is 4.98 Å². The van der Waals surface area contributed by atoms with E-state index in [1.54, 1.807) is 0 Å². The van der Waals surface area contributed by atoms with Crippen LogP contribution in [0.1, 0.15) is 38.3 Å². The second-order valence-corrected chi connectivity index (χ2v) is 6.92. The first-order valence-corrected chi connectivity index (χ1v) is 8.87. The summed E-state index contributed by atoms with van der Waals surface area (Å²) in [4.78, 5) is 13.8. The molecule has 128 valence electrons. The van der Waals surface area contributed by atoms with Crippen LogP contribution in [0.3, 0.4) is 0 Å². The fourth-order valence-electron chi connectivity index (χ4n) is 3.69. The fourth-order valence-corrected chi connectivity index (χ4v) is 3.69. The van der Waals surface area contributed by atoms with E-state index < -0.39 is 5.60 Å². The van der Waals surface area contributed by atoms with Crippen molar-refractivity contribution in [1.82, 2.24) is 14.9 Å². The molecule has 0 amide bonds. The van der Waals surface area contributed by atoms with Gasteiger partial charge in [-0.2, -0.15) is 4.98 Å². The molecule has 0 atom stereocenters. The maximum atomic E-state index is 10.6. The molecular weight excluding hydrogens is 290 g/mol. The highest BCUT2D eigenvalue weighted by atomic mass is 16.3. The molecule has 1 aliphatic heterocycles. The Morgan fingerprint density at radius 3 is 2.52 bits per heavy atom. The molecule has 2 heterocycles. The molecule has 0 aromatic carbocycles. The Bertz CT molecular complexity index is 522. The molecule has 2 fully saturated rings. The molecule has 1 aliphatic carbocycles. The van der Waals surface area contributed by atoms with E-state index in [1.165, 1.54) is 12.8 Å². The van der Waals surface area contributed by atoms with Crippen molar-refractivity contribution in [3.63, 3.8) is 0 Å². The van der Waals surface area contributed by atoms with Gasteiger partial charge in [0.1, 0.15) is 5.82 Å². The van der Waals surface area contributed by atoms with E-state index in [0.717, 1.165) is 63.6 Å². The van der Waals surface area contributed by atoms with Crippen LogP contribution in [0, 0.1) is 6.92 Å². The number of aliphatic hydroxyl groups is 1. The summed E-state index contributed by atoms with van der Waals surface area (Å²) in [5.41, 5.74) is 0.556. The topological polar surface area (TPSA) is 64.5 Å². The molecule has 6 nitrogen and oxygen atoms in total. The van der Waals surface area contributed by atoms with Gasteiger partial charge >= 0.3 is 0 Å². The molecular formula is C17H29N5O. The van der Waals surface area contributed by atoms with E-state index in [4.69, 9.17) is 0 Å². The molecule has 0 bridgehead atoms. The van der Waals surface area contributed by atoms with Gasteiger partial charge < -0.3 is 15.3 Å². The number of rotatable bonds is 5. The second-order valence-electron chi connectivity index (χ2n) is 6.92. The van der Waals surface area contributed by atoms with Gasteiger partial charge in [0.15, 0.2) is 0 Å². The quantitative estimate of drug-likeness (QED) is 0.860. The van der Waals surface area contributed by atoms with Crippen molar-refractivity contribution in [3.8, 4) is 0 Å². The lowest BCUT2D eigenvalue weighted by Gasteiger charge is -2.38. The summed E-state index contributed by atoms with van der Waals surface area (Å²) in [7, 11) is 0. The number of hydrogen-bond donors (Lipinski definition) is 2. The third-order valence-electron chi connectivity index (χ3n) is 4.92. The van der Waals surface area contributed by atoms with Crippen molar-refractivity contribution in [2.75, 3.05) is 49.5 Å². The molecule has 23 heavy (non-hydrogen) atoms. The van der Waals surface area contributed by atoms with Gasteiger partial charge in [0.05, 0.1) is 5.60 Å². The summed E-state index contributed by atoms with van der Waals surface area (Å²) < 4.78 is 0. The summed E-state index contributed by atoms with van der Waals surface area (Å²) >= 11 is 0. The number of nitrogens with one attached hydrogen (secondary N) is 1. The van der Waals surface area contributed by atoms with Crippen molar-refractivity contribution in [2.24, 2.45) is 0 Å². The average molecular weight is 319 g/mol. The van der Waals surface area contributed by atoms with Gasteiger partial charge in [0.25, 0.3) is 0 Å². The SMILES string of the molecule is CCNc1nc(C)cc(N2CCN(CC3(O)CCCC3)CC2)n1. The lowest BCUT2D eigenvalue weighted by molar-refractivity contribution is 0.00800. The van der Waals surface area contributed by atoms with Crippen LogP contribution in [-0.4, -0.2) is 64.8 Å². The standard InChI is InChI=1S/C17H29N5O/c1-3-18-16-19-14(2)12-15(20-16)22-10-8-21(9-11-22)13-17(23)6-4-5-7-17/h12,23H,3-11,13H2,1-2H3,(H,18,19,20). The summed E-state index contributed by atoms with van der Waals surface area (Å²) in [6.07, 6.45) is 4.27. The van der Waals surface area contributed by atoms with Gasteiger partial charge in [-0.1, -0.05) is 12.8 Å². The monoisotopic (exact) mass is 319 g/mol. The zero-order valence-corrected chi connectivity index (χ0v) is 14.4. The van der Waals surface area contributed by atoms with Crippen LogP contribution in [0.5, 0.6) is 0 Å². The predicted molar refractivity (Wildman–Crippen MR) is 93.0 cm³/mol. The van der Waals surface area contributed by atoms with Crippen LogP contribution >= 0.6 is 0 Å². The molecule has 1 aromatic heterocycles. The summed E-state index contributed by atoms with van der Waals surface area (Å²) in [6.45, 7) is 9.61. The predicted octanol–water partition coefficient (Wildman–Crippen LogP) is 1.64. The molecule has 0 spiro atoms. The van der Waals surface area contributed by atoms with E-state index in [9.17, 15) is 5.11 Å². The molecule has 1 saturated heterocycles. The van der Waals surface area contributed by atoms with Crippen LogP contribution in [0.25, 0.3) is 0 Å². The van der Waals surface area contributed by atoms with E-state index in [0.29, 0.717) is 5.95 Å². The summed E-state index contributed by atoms with van der Waals surface area (Å²) in [5.74, 6) is 1.72. The van der Waals surface area contributed by atoms with Crippen LogP contribution < -0.4 is 10.2 Å². The molecule has 2 N–H and O–H groups in total. The first-order valence-electron chi connectivity index (χ1n) is 8.87. The largest absolute Gasteiger partial charge is 0.389 e. The normalized spacial score (nSPS) is 21.6. The highest BCUT2D eigenvalue weighted by Crippen LogP contribution is 2.30. The first-order chi connectivity index (χ1) is 11.1. The smallest absolute Gasteiger partial charge is 0.224 e. The number of hydrogen-bond acceptors (Lipinski definition) is 6. The number of nitrogens with zero attached hydrogens (tertiary/aromatic N) is 4. The van der Waals surface area contributed by atoms with E-state index in [-0.39, 0.29) is 0 Å². The number of β-amino-alcohol motifs (C(OH)–C–C–N with tert-alkyl or cyclic N) is 1. The molecule has 0 unspecified atom stereocenters. The zero-order chi connectivity index (χ0) is 16.3. The lowest BCUT2D eigenvalue weighted by atomic mass is 10.0. The Morgan fingerprint density at radius 2 is 1.87 bits per heavy atom. The zero-order valence-electron chi connectivity index (χ0n) is 14.4. The van der Waals surface area contributed by atoms with Crippen LogP contribution in [0.4, 0.5) is 11.8 Å². The van der Waals surface area contributed by atoms with Gasteiger partial charge in [-0.3, -0.25) is 4.90 Å². The van der Waals surface area contributed by atoms with Crippen molar-refractivity contribution >= 4 is 11.8 Å². The van der Waals surface area contributed by atoms with E-state index in [2.05, 4.69) is 38.1 Å². The minimum absolute atomic E-state index is 0.439. The van der Waals surface area contributed by atoms with E-state index in [1.807, 2.05) is 6.92 Å². The van der Waals surface area contributed by atoms with Crippen LogP contribution in [0.15, 0.2) is 6.07 Å². The third-order valence-corrected chi connectivity index (χ3v) is 4.92. The van der Waals surface area contributed by atoms with Crippen molar-refractivity contribution in [3.05, 3.63) is 11.8 Å². The van der Waals surface area contributed by atoms with Crippen molar-refractivity contribution in [1.29, 1.82) is 0 Å². The molecule has 2 aliphatic rings. The fraction of sp³-hybridized carbons (Fsp3) is 0.765. The number of aromatic nitrogens is 2. The number of anilines is 2. The van der Waals surface area contributed by atoms with Crippen LogP contribution in [0.2, 0.25) is 0 Å². The molecule has 1 aromatic rings. The molecule has 3 rings (SSSR count). The summed E-state index contributed by atoms with van der Waals surface area (Å²) in [5, 5.41) is 13.8. The molecule has 1 saturated carbocycles. The Kier molecular flexibility index (Phi) is 5.02. The Balaban J connectivity index is 1.58. The van der Waals surface area contributed by atoms with Gasteiger partial charge in [0, 0.05) is 51.0 Å². The number of aryl methyl sites for hydroxylation is 1. The first kappa shape index (κ1) is 16.5. The van der Waals surface area contributed by atoms with Crippen molar-refractivity contribution in [2.45, 2.75) is 45.1 Å². The van der Waals surface area contributed by atoms with Gasteiger partial charge in [-0.05, 0) is 26.7 Å². The van der Waals surface area contributed by atoms with Gasteiger partial charge in [0.2, 0.25) is 5.95 Å². The lowest BCUT2D eigenvalue weighted by Crippen LogP contribution is -2.51. The Labute approximate surface area is 138 Å². The van der Waals surface area contributed by atoms with Gasteiger partial charge in [-0.15, -0.1) is 0 Å². The Morgan fingerprint density at radius 1 is 1.17 bits per heavy atom. The highest BCUT2D eigenvalue weighted by molar-refractivity contribution is 5.45. The Hall–Kier alpha value is -1.40. The number of piperazine rings is 1. The second kappa shape index (κ2) is 7.01. The maximum absolute atomic E-state index is 10.6. The van der Waals surface area contributed by atoms with E-state index >= 15 is 0 Å². The third kappa shape index (κ3) is 4.12.